The lowest BCUT2D eigenvalue weighted by molar-refractivity contribution is -0.244. The molecule has 6 nitrogen and oxygen atoms in total. The summed E-state index contributed by atoms with van der Waals surface area (Å²) < 4.78 is 29.4. The summed E-state index contributed by atoms with van der Waals surface area (Å²) in [7, 11) is 0. The smallest absolute Gasteiger partial charge is 0.230 e. The fourth-order valence-corrected chi connectivity index (χ4v) is 7.83. The number of allylic oxidation sites excluding steroid dienone is 4. The minimum atomic E-state index is -2.00. The first-order valence-electron chi connectivity index (χ1n) is 11.0. The summed E-state index contributed by atoms with van der Waals surface area (Å²) in [6.45, 7) is 6.98. The van der Waals surface area contributed by atoms with Gasteiger partial charge in [0.15, 0.2) is 29.1 Å². The van der Waals surface area contributed by atoms with Crippen LogP contribution in [0.15, 0.2) is 23.8 Å². The zero-order valence-corrected chi connectivity index (χ0v) is 18.3. The molecule has 5 aliphatic rings. The number of alkyl halides is 1. The monoisotopic (exact) mass is 432 g/mol. The van der Waals surface area contributed by atoms with Crippen LogP contribution in [0.2, 0.25) is 0 Å². The number of carbonyl (C=O) groups is 3. The van der Waals surface area contributed by atoms with Crippen molar-refractivity contribution in [2.24, 2.45) is 22.7 Å². The van der Waals surface area contributed by atoms with E-state index in [1.807, 2.05) is 6.92 Å². The summed E-state index contributed by atoms with van der Waals surface area (Å²) in [5.74, 6) is -2.83. The second kappa shape index (κ2) is 6.00. The third-order valence-electron chi connectivity index (χ3n) is 9.11. The van der Waals surface area contributed by atoms with Crippen molar-refractivity contribution >= 4 is 17.9 Å². The molecule has 4 unspecified atom stereocenters. The number of carbonyl (C=O) groups excluding carboxylic acids is 3. The molecular weight excluding hydrogens is 403 g/mol. The first kappa shape index (κ1) is 21.2. The van der Waals surface area contributed by atoms with E-state index >= 15 is 4.39 Å². The largest absolute Gasteiger partial charge is 0.390 e. The van der Waals surface area contributed by atoms with Crippen LogP contribution in [-0.2, 0) is 23.9 Å². The number of Topliss-reactive ketones (excluding diaryl/α,β-unsaturated/α-hetero) is 1. The van der Waals surface area contributed by atoms with Gasteiger partial charge in [-0.3, -0.25) is 14.4 Å². The molecule has 31 heavy (non-hydrogen) atoms. The molecule has 7 heteroatoms. The van der Waals surface area contributed by atoms with Crippen LogP contribution in [0.5, 0.6) is 0 Å². The molecule has 0 aromatic carbocycles. The summed E-state index contributed by atoms with van der Waals surface area (Å²) in [4.78, 5) is 36.6. The van der Waals surface area contributed by atoms with Gasteiger partial charge in [-0.2, -0.15) is 0 Å². The third kappa shape index (κ3) is 2.25. The van der Waals surface area contributed by atoms with Crippen molar-refractivity contribution in [3.05, 3.63) is 23.8 Å². The van der Waals surface area contributed by atoms with Crippen LogP contribution in [0.3, 0.4) is 0 Å². The van der Waals surface area contributed by atoms with E-state index in [4.69, 9.17) is 9.47 Å². The highest BCUT2D eigenvalue weighted by molar-refractivity contribution is 6.29. The van der Waals surface area contributed by atoms with Gasteiger partial charge in [-0.15, -0.1) is 0 Å². The third-order valence-corrected chi connectivity index (χ3v) is 9.11. The van der Waals surface area contributed by atoms with E-state index < -0.39 is 51.8 Å². The molecule has 1 saturated heterocycles. The maximum atomic E-state index is 17.1. The molecule has 0 radical (unpaired) electrons. The number of aliphatic hydroxyl groups is 1. The highest BCUT2D eigenvalue weighted by Crippen LogP contribution is 2.72. The predicted octanol–water partition coefficient (Wildman–Crippen LogP) is 2.63. The molecule has 0 aromatic rings. The van der Waals surface area contributed by atoms with Crippen molar-refractivity contribution in [3.63, 3.8) is 0 Å². The number of rotatable bonds is 2. The molecule has 0 aromatic heterocycles. The van der Waals surface area contributed by atoms with E-state index in [9.17, 15) is 19.5 Å². The fourth-order valence-electron chi connectivity index (χ4n) is 7.83. The molecule has 168 valence electrons. The molecule has 1 heterocycles. The van der Waals surface area contributed by atoms with E-state index in [0.717, 1.165) is 0 Å². The van der Waals surface area contributed by atoms with Crippen LogP contribution in [0.1, 0.15) is 53.4 Å². The van der Waals surface area contributed by atoms with Gasteiger partial charge in [0.1, 0.15) is 0 Å². The number of aliphatic hydroxyl groups excluding tert-OH is 1. The topological polar surface area (TPSA) is 89.9 Å². The number of hydrogen-bond donors (Lipinski definition) is 1. The van der Waals surface area contributed by atoms with E-state index in [1.54, 1.807) is 26.8 Å². The van der Waals surface area contributed by atoms with Gasteiger partial charge < -0.3 is 14.6 Å². The minimum absolute atomic E-state index is 0.0369. The van der Waals surface area contributed by atoms with E-state index in [-0.39, 0.29) is 24.4 Å². The molecule has 8 atom stereocenters. The SMILES string of the molecule is CC1(C)O[C@H]2CC3C4CCC5=CC(=O)C=CC5(C)[C@@]4(F)[C@@H](O)CC3(C)[C@]2(C(=O)C=O)O1. The van der Waals surface area contributed by atoms with Gasteiger partial charge in [-0.25, -0.2) is 4.39 Å². The van der Waals surface area contributed by atoms with E-state index in [0.29, 0.717) is 24.8 Å². The maximum absolute atomic E-state index is 17.1. The van der Waals surface area contributed by atoms with Gasteiger partial charge in [0.2, 0.25) is 5.78 Å². The lowest BCUT2D eigenvalue weighted by Gasteiger charge is -2.62. The standard InChI is InChI=1S/C24H29FO6/c1-20(2)30-19-10-16-15-6-5-13-9-14(27)7-8-21(13,3)23(15,25)17(28)11-22(16,4)24(19,31-20)18(29)12-26/h7-9,12,15-17,19,28H,5-6,10-11H2,1-4H3/t15?,16?,17-,19-,21?,22?,23-,24+/m0/s1. The fraction of sp³-hybridized carbons (Fsp3) is 0.708. The van der Waals surface area contributed by atoms with Gasteiger partial charge in [0.25, 0.3) is 0 Å². The molecule has 4 aliphatic carbocycles. The van der Waals surface area contributed by atoms with Crippen LogP contribution in [0.4, 0.5) is 4.39 Å². The molecule has 5 rings (SSSR count). The summed E-state index contributed by atoms with van der Waals surface area (Å²) in [5.41, 5.74) is -4.91. The Morgan fingerprint density at radius 3 is 2.65 bits per heavy atom. The lowest BCUT2D eigenvalue weighted by Crippen LogP contribution is -2.69. The van der Waals surface area contributed by atoms with Crippen LogP contribution in [0, 0.1) is 22.7 Å². The van der Waals surface area contributed by atoms with E-state index in [1.165, 1.54) is 12.2 Å². The van der Waals surface area contributed by atoms with Crippen LogP contribution in [0.25, 0.3) is 0 Å². The molecule has 4 fully saturated rings. The average Bonchev–Trinajstić information content (AvgIpc) is 3.09. The summed E-state index contributed by atoms with van der Waals surface area (Å²) in [5, 5.41) is 11.3. The Labute approximate surface area is 180 Å². The zero-order chi connectivity index (χ0) is 22.6. The number of aldehydes is 1. The van der Waals surface area contributed by atoms with Gasteiger partial charge in [0.05, 0.1) is 12.2 Å². The molecule has 0 amide bonds. The Balaban J connectivity index is 1.65. The first-order valence-corrected chi connectivity index (χ1v) is 11.0. The summed E-state index contributed by atoms with van der Waals surface area (Å²) >= 11 is 0. The van der Waals surface area contributed by atoms with Crippen LogP contribution in [-0.4, -0.2) is 52.2 Å². The highest BCUT2D eigenvalue weighted by atomic mass is 19.1. The van der Waals surface area contributed by atoms with Crippen molar-refractivity contribution in [3.8, 4) is 0 Å². The first-order chi connectivity index (χ1) is 14.4. The minimum Gasteiger partial charge on any atom is -0.390 e. The normalized spacial score (nSPS) is 51.9. The number of ether oxygens (including phenoxy) is 2. The van der Waals surface area contributed by atoms with Gasteiger partial charge in [0, 0.05) is 16.7 Å². The van der Waals surface area contributed by atoms with Gasteiger partial charge >= 0.3 is 0 Å². The zero-order valence-electron chi connectivity index (χ0n) is 18.3. The molecule has 3 saturated carbocycles. The number of ketones is 2. The average molecular weight is 432 g/mol. The molecule has 1 N–H and O–H groups in total. The van der Waals surface area contributed by atoms with Gasteiger partial charge in [-0.05, 0) is 64.5 Å². The van der Waals surface area contributed by atoms with Crippen molar-refractivity contribution in [1.82, 2.24) is 0 Å². The quantitative estimate of drug-likeness (QED) is 0.533. The maximum Gasteiger partial charge on any atom is 0.230 e. The molecule has 0 spiro atoms. The lowest BCUT2D eigenvalue weighted by atomic mass is 9.44. The predicted molar refractivity (Wildman–Crippen MR) is 108 cm³/mol. The number of hydrogen-bond acceptors (Lipinski definition) is 6. The highest BCUT2D eigenvalue weighted by Gasteiger charge is 2.80. The van der Waals surface area contributed by atoms with Crippen LogP contribution >= 0.6 is 0 Å². The van der Waals surface area contributed by atoms with Crippen molar-refractivity contribution in [2.45, 2.75) is 82.6 Å². The number of fused-ring (bicyclic) bond motifs is 7. The Morgan fingerprint density at radius 2 is 1.97 bits per heavy atom. The Morgan fingerprint density at radius 1 is 1.26 bits per heavy atom. The second-order valence-electron chi connectivity index (χ2n) is 10.8. The molecule has 0 bridgehead atoms. The summed E-state index contributed by atoms with van der Waals surface area (Å²) in [6, 6.07) is 0. The Bertz CT molecular complexity index is 954. The van der Waals surface area contributed by atoms with Crippen molar-refractivity contribution < 1.29 is 33.4 Å². The van der Waals surface area contributed by atoms with E-state index in [2.05, 4.69) is 0 Å². The van der Waals surface area contributed by atoms with Gasteiger partial charge in [-0.1, -0.05) is 18.6 Å². The molecule has 1 aliphatic heterocycles. The summed E-state index contributed by atoms with van der Waals surface area (Å²) in [6.07, 6.45) is 3.98. The number of halogens is 1. The van der Waals surface area contributed by atoms with Crippen molar-refractivity contribution in [1.29, 1.82) is 0 Å². The second-order valence-corrected chi connectivity index (χ2v) is 10.8. The molecular formula is C24H29FO6. The Hall–Kier alpha value is -1.70. The Kier molecular flexibility index (Phi) is 4.09. The van der Waals surface area contributed by atoms with Crippen molar-refractivity contribution in [2.75, 3.05) is 0 Å². The van der Waals surface area contributed by atoms with Crippen LogP contribution < -0.4 is 0 Å².